The van der Waals surface area contributed by atoms with Crippen LogP contribution in [0.1, 0.15) is 17.3 Å². The molecule has 0 saturated carbocycles. The largest absolute Gasteiger partial charge is 0.462 e. The van der Waals surface area contributed by atoms with Gasteiger partial charge in [-0.25, -0.2) is 4.79 Å². The van der Waals surface area contributed by atoms with Crippen LogP contribution in [0.3, 0.4) is 0 Å². The van der Waals surface area contributed by atoms with Crippen LogP contribution in [0.15, 0.2) is 66.7 Å². The second kappa shape index (κ2) is 6.48. The number of carbonyl (C=O) groups is 1. The summed E-state index contributed by atoms with van der Waals surface area (Å²) in [5, 5.41) is 0. The van der Waals surface area contributed by atoms with Crippen molar-refractivity contribution >= 4 is 5.97 Å². The summed E-state index contributed by atoms with van der Waals surface area (Å²) in [6, 6.07) is 19.6. The van der Waals surface area contributed by atoms with Gasteiger partial charge in [0.25, 0.3) is 0 Å². The maximum absolute atomic E-state index is 14.6. The summed E-state index contributed by atoms with van der Waals surface area (Å²) in [5.41, 5.74) is 2.12. The van der Waals surface area contributed by atoms with Gasteiger partial charge in [-0.05, 0) is 24.6 Å². The van der Waals surface area contributed by atoms with Gasteiger partial charge in [-0.15, -0.1) is 0 Å². The van der Waals surface area contributed by atoms with Gasteiger partial charge in [0.2, 0.25) is 0 Å². The first-order chi connectivity index (χ1) is 11.2. The molecule has 4 heteroatoms. The lowest BCUT2D eigenvalue weighted by molar-refractivity contribution is 0.0527. The molecule has 0 N–H and O–H groups in total. The van der Waals surface area contributed by atoms with Crippen molar-refractivity contribution in [1.82, 2.24) is 4.57 Å². The Hall–Kier alpha value is -2.88. The number of esters is 1. The van der Waals surface area contributed by atoms with Gasteiger partial charge >= 0.3 is 5.97 Å². The highest BCUT2D eigenvalue weighted by atomic mass is 19.1. The maximum atomic E-state index is 14.6. The Morgan fingerprint density at radius 2 is 1.65 bits per heavy atom. The van der Waals surface area contributed by atoms with Gasteiger partial charge in [-0.3, -0.25) is 4.57 Å². The van der Waals surface area contributed by atoms with Crippen LogP contribution in [0, 0.1) is 5.95 Å². The Morgan fingerprint density at radius 1 is 1.04 bits per heavy atom. The minimum Gasteiger partial charge on any atom is -0.462 e. The van der Waals surface area contributed by atoms with E-state index in [0.717, 1.165) is 5.56 Å². The summed E-state index contributed by atoms with van der Waals surface area (Å²) in [7, 11) is 0. The quantitative estimate of drug-likeness (QED) is 0.666. The summed E-state index contributed by atoms with van der Waals surface area (Å²) in [6.45, 7) is 1.97. The molecule has 1 aromatic heterocycles. The zero-order chi connectivity index (χ0) is 16.2. The molecule has 3 rings (SSSR count). The van der Waals surface area contributed by atoms with E-state index >= 15 is 0 Å². The number of halogens is 1. The number of hydrogen-bond acceptors (Lipinski definition) is 2. The summed E-state index contributed by atoms with van der Waals surface area (Å²) < 4.78 is 21.1. The van der Waals surface area contributed by atoms with Gasteiger partial charge < -0.3 is 4.74 Å². The van der Waals surface area contributed by atoms with Crippen molar-refractivity contribution in [2.75, 3.05) is 6.61 Å². The number of carbonyl (C=O) groups excluding carboxylic acids is 1. The molecule has 0 saturated heterocycles. The van der Waals surface area contributed by atoms with E-state index in [9.17, 15) is 9.18 Å². The summed E-state index contributed by atoms with van der Waals surface area (Å²) in [4.78, 5) is 12.2. The number of hydrogen-bond donors (Lipinski definition) is 0. The second-order valence-corrected chi connectivity index (χ2v) is 4.99. The van der Waals surface area contributed by atoms with Crippen LogP contribution in [0.2, 0.25) is 0 Å². The third-order valence-corrected chi connectivity index (χ3v) is 3.51. The van der Waals surface area contributed by atoms with Crippen molar-refractivity contribution < 1.29 is 13.9 Å². The molecule has 0 unspecified atom stereocenters. The first-order valence-electron chi connectivity index (χ1n) is 7.41. The molecule has 0 spiro atoms. The Balaban J connectivity index is 2.26. The highest BCUT2D eigenvalue weighted by molar-refractivity contribution is 5.97. The fourth-order valence-corrected chi connectivity index (χ4v) is 2.55. The standard InChI is InChI=1S/C19H16FNO2/c1-2-23-19(22)16-13-17(20)21(15-11-7-4-8-12-15)18(16)14-9-5-3-6-10-14/h3-13H,2H2,1H3. The summed E-state index contributed by atoms with van der Waals surface area (Å²) in [5.74, 6) is -1.03. The predicted molar refractivity (Wildman–Crippen MR) is 87.1 cm³/mol. The van der Waals surface area contributed by atoms with Crippen LogP contribution in [0.25, 0.3) is 16.9 Å². The smallest absolute Gasteiger partial charge is 0.340 e. The number of rotatable bonds is 4. The highest BCUT2D eigenvalue weighted by Crippen LogP contribution is 2.30. The molecule has 0 aliphatic heterocycles. The summed E-state index contributed by atoms with van der Waals surface area (Å²) in [6.07, 6.45) is 0. The molecule has 0 bridgehead atoms. The van der Waals surface area contributed by atoms with E-state index in [0.29, 0.717) is 11.4 Å². The number of ether oxygens (including phenoxy) is 1. The van der Waals surface area contributed by atoms with Gasteiger partial charge in [0.1, 0.15) is 0 Å². The molecule has 3 nitrogen and oxygen atoms in total. The topological polar surface area (TPSA) is 31.2 Å². The molecule has 0 fully saturated rings. The molecule has 0 atom stereocenters. The molecule has 2 aromatic carbocycles. The number of aromatic nitrogens is 1. The average Bonchev–Trinajstić information content (AvgIpc) is 2.94. The van der Waals surface area contributed by atoms with Crippen LogP contribution in [0.5, 0.6) is 0 Å². The van der Waals surface area contributed by atoms with E-state index in [1.807, 2.05) is 48.5 Å². The normalized spacial score (nSPS) is 10.5. The molecular formula is C19H16FNO2. The van der Waals surface area contributed by atoms with E-state index in [-0.39, 0.29) is 12.2 Å². The molecule has 23 heavy (non-hydrogen) atoms. The van der Waals surface area contributed by atoms with Crippen LogP contribution in [-0.2, 0) is 4.74 Å². The highest BCUT2D eigenvalue weighted by Gasteiger charge is 2.23. The Morgan fingerprint density at radius 3 is 2.26 bits per heavy atom. The van der Waals surface area contributed by atoms with Crippen molar-refractivity contribution in [3.8, 4) is 16.9 Å². The fraction of sp³-hybridized carbons (Fsp3) is 0.105. The third kappa shape index (κ3) is 2.88. The van der Waals surface area contributed by atoms with Crippen molar-refractivity contribution in [2.24, 2.45) is 0 Å². The van der Waals surface area contributed by atoms with Crippen LogP contribution in [-0.4, -0.2) is 17.1 Å². The lowest BCUT2D eigenvalue weighted by atomic mass is 10.1. The maximum Gasteiger partial charge on any atom is 0.340 e. The fourth-order valence-electron chi connectivity index (χ4n) is 2.55. The average molecular weight is 309 g/mol. The van der Waals surface area contributed by atoms with Crippen LogP contribution < -0.4 is 0 Å². The van der Waals surface area contributed by atoms with Gasteiger partial charge in [-0.2, -0.15) is 4.39 Å². The van der Waals surface area contributed by atoms with Gasteiger partial charge in [0, 0.05) is 11.8 Å². The Labute approximate surface area is 134 Å². The number of nitrogens with zero attached hydrogens (tertiary/aromatic N) is 1. The molecule has 1 heterocycles. The molecule has 3 aromatic rings. The molecule has 116 valence electrons. The number of para-hydroxylation sites is 1. The van der Waals surface area contributed by atoms with E-state index in [1.54, 1.807) is 19.1 Å². The zero-order valence-electron chi connectivity index (χ0n) is 12.7. The lowest BCUT2D eigenvalue weighted by Gasteiger charge is -2.12. The first kappa shape index (κ1) is 15.0. The number of benzene rings is 2. The van der Waals surface area contributed by atoms with E-state index in [1.165, 1.54) is 10.6 Å². The molecule has 0 aliphatic rings. The van der Waals surface area contributed by atoms with Gasteiger partial charge in [-0.1, -0.05) is 48.5 Å². The minimum absolute atomic E-state index is 0.222. The first-order valence-corrected chi connectivity index (χ1v) is 7.41. The molecule has 0 aliphatic carbocycles. The van der Waals surface area contributed by atoms with Crippen molar-refractivity contribution in [3.63, 3.8) is 0 Å². The Bertz CT molecular complexity index is 810. The van der Waals surface area contributed by atoms with E-state index < -0.39 is 11.9 Å². The van der Waals surface area contributed by atoms with Crippen LogP contribution >= 0.6 is 0 Å². The van der Waals surface area contributed by atoms with E-state index in [2.05, 4.69) is 0 Å². The zero-order valence-corrected chi connectivity index (χ0v) is 12.7. The minimum atomic E-state index is -0.528. The molecule has 0 radical (unpaired) electrons. The Kier molecular flexibility index (Phi) is 4.24. The monoisotopic (exact) mass is 309 g/mol. The summed E-state index contributed by atoms with van der Waals surface area (Å²) >= 11 is 0. The molecule has 0 amide bonds. The SMILES string of the molecule is CCOC(=O)c1cc(F)n(-c2ccccc2)c1-c1ccccc1. The predicted octanol–water partition coefficient (Wildman–Crippen LogP) is 4.46. The van der Waals surface area contributed by atoms with Crippen molar-refractivity contribution in [2.45, 2.75) is 6.92 Å². The van der Waals surface area contributed by atoms with Crippen LogP contribution in [0.4, 0.5) is 4.39 Å². The van der Waals surface area contributed by atoms with E-state index in [4.69, 9.17) is 4.74 Å². The lowest BCUT2D eigenvalue weighted by Crippen LogP contribution is -2.07. The van der Waals surface area contributed by atoms with Gasteiger partial charge in [0.05, 0.1) is 17.9 Å². The third-order valence-electron chi connectivity index (χ3n) is 3.51. The second-order valence-electron chi connectivity index (χ2n) is 4.99. The van der Waals surface area contributed by atoms with Gasteiger partial charge in [0.15, 0.2) is 5.95 Å². The van der Waals surface area contributed by atoms with Crippen molar-refractivity contribution in [3.05, 3.63) is 78.2 Å². The van der Waals surface area contributed by atoms with Crippen molar-refractivity contribution in [1.29, 1.82) is 0 Å². The molecular weight excluding hydrogens is 293 g/mol.